The molecule has 1 aromatic heterocycles. The van der Waals surface area contributed by atoms with Crippen molar-refractivity contribution in [3.63, 3.8) is 0 Å². The molecule has 2 aliphatic rings. The zero-order chi connectivity index (χ0) is 14.8. The quantitative estimate of drug-likeness (QED) is 0.897. The Morgan fingerprint density at radius 3 is 2.67 bits per heavy atom. The molecule has 2 N–H and O–H groups in total. The van der Waals surface area contributed by atoms with Gasteiger partial charge in [-0.15, -0.1) is 0 Å². The van der Waals surface area contributed by atoms with Crippen molar-refractivity contribution in [3.8, 4) is 0 Å². The van der Waals surface area contributed by atoms with E-state index in [1.165, 1.54) is 11.5 Å². The highest BCUT2D eigenvalue weighted by Crippen LogP contribution is 2.27. The Hall–Kier alpha value is -1.21. The molecule has 1 aliphatic carbocycles. The minimum atomic E-state index is 0.0461. The smallest absolute Gasteiger partial charge is 0.227 e. The molecule has 1 saturated heterocycles. The molecule has 0 unspecified atom stereocenters. The van der Waals surface area contributed by atoms with E-state index >= 15 is 0 Å². The number of nitrogens with two attached hydrogens (primary N) is 1. The van der Waals surface area contributed by atoms with Crippen molar-refractivity contribution >= 4 is 22.6 Å². The van der Waals surface area contributed by atoms with Crippen LogP contribution in [-0.4, -0.2) is 52.4 Å². The van der Waals surface area contributed by atoms with Gasteiger partial charge >= 0.3 is 0 Å². The fraction of sp³-hybridized carbons (Fsp3) is 0.786. The van der Waals surface area contributed by atoms with Crippen LogP contribution in [0.5, 0.6) is 0 Å². The van der Waals surface area contributed by atoms with E-state index in [0.29, 0.717) is 0 Å². The molecule has 1 amide bonds. The highest BCUT2D eigenvalue weighted by atomic mass is 32.1. The molecule has 7 heteroatoms. The van der Waals surface area contributed by atoms with Crippen molar-refractivity contribution in [1.29, 1.82) is 0 Å². The van der Waals surface area contributed by atoms with Crippen LogP contribution in [-0.2, 0) is 11.2 Å². The summed E-state index contributed by atoms with van der Waals surface area (Å²) in [6.07, 6.45) is 3.90. The molecule has 2 heterocycles. The van der Waals surface area contributed by atoms with E-state index in [2.05, 4.69) is 21.2 Å². The zero-order valence-corrected chi connectivity index (χ0v) is 13.3. The number of aromatic nitrogens is 2. The first-order chi connectivity index (χ1) is 10.2. The monoisotopic (exact) mass is 309 g/mol. The Morgan fingerprint density at radius 1 is 1.33 bits per heavy atom. The molecule has 1 aromatic rings. The van der Waals surface area contributed by atoms with Crippen LogP contribution >= 0.6 is 11.5 Å². The highest BCUT2D eigenvalue weighted by molar-refractivity contribution is 7.09. The maximum atomic E-state index is 12.5. The highest BCUT2D eigenvalue weighted by Gasteiger charge is 2.34. The average molecular weight is 309 g/mol. The molecule has 0 aromatic carbocycles. The maximum absolute atomic E-state index is 12.5. The summed E-state index contributed by atoms with van der Waals surface area (Å²) in [6, 6.07) is 0.0609. The van der Waals surface area contributed by atoms with Crippen molar-refractivity contribution in [2.24, 2.45) is 11.7 Å². The Morgan fingerprint density at radius 2 is 2.10 bits per heavy atom. The van der Waals surface area contributed by atoms with Crippen LogP contribution in [0.1, 0.15) is 32.0 Å². The van der Waals surface area contributed by atoms with E-state index in [4.69, 9.17) is 5.73 Å². The van der Waals surface area contributed by atoms with Crippen molar-refractivity contribution in [3.05, 3.63) is 5.82 Å². The maximum Gasteiger partial charge on any atom is 0.227 e. The topological polar surface area (TPSA) is 75.4 Å². The van der Waals surface area contributed by atoms with Crippen molar-refractivity contribution in [2.75, 3.05) is 31.1 Å². The fourth-order valence-electron chi connectivity index (χ4n) is 3.16. The molecule has 116 valence electrons. The summed E-state index contributed by atoms with van der Waals surface area (Å²) >= 11 is 1.46. The lowest BCUT2D eigenvalue weighted by molar-refractivity contribution is -0.136. The predicted molar refractivity (Wildman–Crippen MR) is 83.4 cm³/mol. The van der Waals surface area contributed by atoms with Gasteiger partial charge in [-0.3, -0.25) is 4.79 Å². The number of aryl methyl sites for hydroxylation is 1. The third kappa shape index (κ3) is 3.03. The van der Waals surface area contributed by atoms with Gasteiger partial charge in [-0.25, -0.2) is 4.98 Å². The molecule has 0 bridgehead atoms. The Labute approximate surface area is 129 Å². The number of piperazine rings is 1. The lowest BCUT2D eigenvalue weighted by Crippen LogP contribution is -2.52. The molecule has 21 heavy (non-hydrogen) atoms. The second kappa shape index (κ2) is 6.27. The summed E-state index contributed by atoms with van der Waals surface area (Å²) in [5.41, 5.74) is 6.05. The van der Waals surface area contributed by atoms with Gasteiger partial charge in [-0.2, -0.15) is 4.37 Å². The Kier molecular flexibility index (Phi) is 4.40. The van der Waals surface area contributed by atoms with Crippen molar-refractivity contribution in [1.82, 2.24) is 14.3 Å². The number of carbonyl (C=O) groups is 1. The van der Waals surface area contributed by atoms with Crippen LogP contribution in [0.4, 0.5) is 5.13 Å². The number of hydrogen-bond donors (Lipinski definition) is 1. The third-order valence-electron chi connectivity index (χ3n) is 4.52. The van der Waals surface area contributed by atoms with Gasteiger partial charge in [-0.05, 0) is 12.8 Å². The van der Waals surface area contributed by atoms with Crippen LogP contribution in [0.15, 0.2) is 0 Å². The number of nitrogens with zero attached hydrogens (tertiary/aromatic N) is 4. The number of anilines is 1. The fourth-order valence-corrected chi connectivity index (χ4v) is 3.97. The molecule has 1 aliphatic heterocycles. The van der Waals surface area contributed by atoms with Crippen LogP contribution in [0.2, 0.25) is 0 Å². The van der Waals surface area contributed by atoms with Gasteiger partial charge in [-0.1, -0.05) is 13.3 Å². The molecule has 2 atom stereocenters. The molecule has 1 saturated carbocycles. The molecule has 0 spiro atoms. The van der Waals surface area contributed by atoms with Gasteiger partial charge < -0.3 is 15.5 Å². The number of hydrogen-bond acceptors (Lipinski definition) is 6. The number of amides is 1. The van der Waals surface area contributed by atoms with Gasteiger partial charge in [0.2, 0.25) is 11.0 Å². The second-order valence-electron chi connectivity index (χ2n) is 5.86. The van der Waals surface area contributed by atoms with E-state index in [1.54, 1.807) is 0 Å². The van der Waals surface area contributed by atoms with Crippen molar-refractivity contribution in [2.45, 2.75) is 38.6 Å². The molecule has 0 radical (unpaired) electrons. The van der Waals surface area contributed by atoms with Gasteiger partial charge in [0.1, 0.15) is 5.82 Å². The molecular formula is C14H23N5OS. The van der Waals surface area contributed by atoms with Gasteiger partial charge in [0.05, 0.1) is 5.92 Å². The van der Waals surface area contributed by atoms with Gasteiger partial charge in [0.25, 0.3) is 0 Å². The van der Waals surface area contributed by atoms with Crippen molar-refractivity contribution < 1.29 is 4.79 Å². The summed E-state index contributed by atoms with van der Waals surface area (Å²) in [5.74, 6) is 1.21. The Bertz CT molecular complexity index is 497. The first-order valence-electron chi connectivity index (χ1n) is 7.81. The molecule has 3 rings (SSSR count). The second-order valence-corrected chi connectivity index (χ2v) is 6.59. The number of carbonyl (C=O) groups excluding carboxylic acids is 1. The van der Waals surface area contributed by atoms with Crippen LogP contribution in [0.25, 0.3) is 0 Å². The summed E-state index contributed by atoms with van der Waals surface area (Å²) < 4.78 is 4.33. The first kappa shape index (κ1) is 14.7. The van der Waals surface area contributed by atoms with E-state index in [9.17, 15) is 4.79 Å². The largest absolute Gasteiger partial charge is 0.343 e. The van der Waals surface area contributed by atoms with E-state index in [1.807, 2.05) is 4.90 Å². The van der Waals surface area contributed by atoms with Crippen LogP contribution in [0, 0.1) is 5.92 Å². The van der Waals surface area contributed by atoms with E-state index in [-0.39, 0.29) is 17.9 Å². The van der Waals surface area contributed by atoms with Gasteiger partial charge in [0.15, 0.2) is 0 Å². The summed E-state index contributed by atoms with van der Waals surface area (Å²) in [6.45, 7) is 5.28. The van der Waals surface area contributed by atoms with E-state index < -0.39 is 0 Å². The molecule has 6 nitrogen and oxygen atoms in total. The minimum Gasteiger partial charge on any atom is -0.343 e. The minimum absolute atomic E-state index is 0.0461. The van der Waals surface area contributed by atoms with E-state index in [0.717, 1.165) is 62.8 Å². The summed E-state index contributed by atoms with van der Waals surface area (Å²) in [5, 5.41) is 0.983. The SMILES string of the molecule is CCc1nsc(N2CCN(C(=O)[C@@H]3CCC[C@H]3N)CC2)n1. The zero-order valence-electron chi connectivity index (χ0n) is 12.5. The Balaban J connectivity index is 1.56. The average Bonchev–Trinajstić information content (AvgIpc) is 3.15. The molecule has 2 fully saturated rings. The van der Waals surface area contributed by atoms with Gasteiger partial charge in [0, 0.05) is 50.2 Å². The third-order valence-corrected chi connectivity index (χ3v) is 5.34. The predicted octanol–water partition coefficient (Wildman–Crippen LogP) is 0.877. The normalized spacial score (nSPS) is 26.4. The first-order valence-corrected chi connectivity index (χ1v) is 8.58. The van der Waals surface area contributed by atoms with Crippen LogP contribution < -0.4 is 10.6 Å². The summed E-state index contributed by atoms with van der Waals surface area (Å²) in [4.78, 5) is 21.2. The standard InChI is InChI=1S/C14H23N5OS/c1-2-12-16-14(21-17-12)19-8-6-18(7-9-19)13(20)10-4-3-5-11(10)15/h10-11H,2-9,15H2,1H3/t10-,11-/m1/s1. The molecular weight excluding hydrogens is 286 g/mol. The number of rotatable bonds is 3. The summed E-state index contributed by atoms with van der Waals surface area (Å²) in [7, 11) is 0. The van der Waals surface area contributed by atoms with Crippen LogP contribution in [0.3, 0.4) is 0 Å². The lowest BCUT2D eigenvalue weighted by atomic mass is 10.0. The lowest BCUT2D eigenvalue weighted by Gasteiger charge is -2.36.